The third-order valence-electron chi connectivity index (χ3n) is 9.07. The van der Waals surface area contributed by atoms with E-state index in [2.05, 4.69) is 243 Å². The molecule has 0 aliphatic carbocycles. The number of hydrogen-bond donors (Lipinski definition) is 0. The van der Waals surface area contributed by atoms with Gasteiger partial charge in [0.25, 0.3) is 0 Å². The minimum Gasteiger partial charge on any atom is -0.0727 e. The minimum atomic E-state index is -0.898. The molecule has 6 heteroatoms. The Kier molecular flexibility index (Phi) is 14.0. The van der Waals surface area contributed by atoms with Gasteiger partial charge in [0.1, 0.15) is 9.46 Å². The maximum absolute atomic E-state index is 2.35. The Hall–Kier alpha value is -3.82. The average Bonchev–Trinajstić information content (AvgIpc) is 3.28. The molecule has 0 atom stereocenters. The smallest absolute Gasteiger partial charge is 0.0727 e. The van der Waals surface area contributed by atoms with Crippen LogP contribution in [0.3, 0.4) is 0 Å². The van der Waals surface area contributed by atoms with Crippen LogP contribution in [0.15, 0.2) is 243 Å². The summed E-state index contributed by atoms with van der Waals surface area (Å²) in [5, 5.41) is 11.0. The molecule has 0 aliphatic heterocycles. The fourth-order valence-electron chi connectivity index (χ4n) is 6.52. The van der Waals surface area contributed by atoms with E-state index in [4.69, 9.17) is 0 Å². The molecule has 2 radical (unpaired) electrons. The van der Waals surface area contributed by atoms with Gasteiger partial charge in [-0.25, -0.2) is 0 Å². The van der Waals surface area contributed by atoms with Crippen molar-refractivity contribution in [1.29, 1.82) is 0 Å². The average molecular weight is 829 g/mol. The Morgan fingerprint density at radius 2 is 0.321 bits per heavy atom. The molecule has 0 unspecified atom stereocenters. The Balaban J connectivity index is 1.35. The first kappa shape index (κ1) is 39.0. The molecular weight excluding hydrogens is 789 g/mol. The molecule has 0 N–H and O–H groups in total. The van der Waals surface area contributed by atoms with Crippen molar-refractivity contribution in [2.24, 2.45) is 0 Å². The molecule has 0 nitrogen and oxygen atoms in total. The zero-order valence-electron chi connectivity index (χ0n) is 30.7. The second-order valence-electron chi connectivity index (χ2n) is 12.8. The van der Waals surface area contributed by atoms with E-state index < -0.39 is 31.7 Å². The van der Waals surface area contributed by atoms with Gasteiger partial charge in [-0.15, -0.1) is 0 Å². The third-order valence-corrected chi connectivity index (χ3v) is 25.9. The van der Waals surface area contributed by atoms with E-state index in [1.54, 1.807) is 0 Å². The van der Waals surface area contributed by atoms with Gasteiger partial charge in [-0.3, -0.25) is 0 Å². The van der Waals surface area contributed by atoms with E-state index >= 15 is 0 Å². The van der Waals surface area contributed by atoms with Crippen molar-refractivity contribution in [3.05, 3.63) is 252 Å². The zero-order chi connectivity index (χ0) is 37.8. The number of hydrogen-bond acceptors (Lipinski definition) is 2. The summed E-state index contributed by atoms with van der Waals surface area (Å²) in [5.41, 5.74) is 0. The molecule has 0 saturated carbocycles. The van der Waals surface area contributed by atoms with Gasteiger partial charge >= 0.3 is 0 Å². The van der Waals surface area contributed by atoms with Crippen molar-refractivity contribution in [2.75, 3.05) is 0 Å². The standard InChI is InChI=1S/C50H40P4S2/c1-9-25-41(26-10-1)51(42-27-11-2-12-28-42)49(52(43-29-13-3-14-30-43)44-31-15-4-16-32-44)55-56-50(53(45-33-17-5-18-34-45)46-35-19-6-20-36-46)54(47-37-21-7-22-38-47)48-39-23-8-24-40-48/h1-40H. The van der Waals surface area contributed by atoms with E-state index in [0.717, 1.165) is 0 Å². The summed E-state index contributed by atoms with van der Waals surface area (Å²) < 4.78 is 3.05. The van der Waals surface area contributed by atoms with Gasteiger partial charge < -0.3 is 0 Å². The Morgan fingerprint density at radius 1 is 0.196 bits per heavy atom. The summed E-state index contributed by atoms with van der Waals surface area (Å²) in [6.45, 7) is 0. The quantitative estimate of drug-likeness (QED) is 0.0746. The van der Waals surface area contributed by atoms with E-state index in [1.165, 1.54) is 51.9 Å². The van der Waals surface area contributed by atoms with Crippen LogP contribution in [0.25, 0.3) is 0 Å². The first-order chi connectivity index (χ1) is 27.8. The van der Waals surface area contributed by atoms with Crippen LogP contribution in [0.1, 0.15) is 0 Å². The summed E-state index contributed by atoms with van der Waals surface area (Å²) in [7, 11) is 0.500. The topological polar surface area (TPSA) is 0 Å². The summed E-state index contributed by atoms with van der Waals surface area (Å²) in [4.78, 5) is 0. The molecule has 8 aromatic carbocycles. The lowest BCUT2D eigenvalue weighted by atomic mass is 10.4. The molecule has 0 bridgehead atoms. The number of rotatable bonds is 15. The molecule has 8 aromatic rings. The molecule has 272 valence electrons. The lowest BCUT2D eigenvalue weighted by molar-refractivity contribution is 1.74. The zero-order valence-corrected chi connectivity index (χ0v) is 35.9. The summed E-state index contributed by atoms with van der Waals surface area (Å²) in [5.74, 6) is 0. The van der Waals surface area contributed by atoms with Crippen LogP contribution in [-0.2, 0) is 0 Å². The molecular formula is C50H40P4S2. The van der Waals surface area contributed by atoms with Gasteiger partial charge in [0, 0.05) is 0 Å². The lowest BCUT2D eigenvalue weighted by Crippen LogP contribution is -2.22. The van der Waals surface area contributed by atoms with Gasteiger partial charge in [-0.1, -0.05) is 264 Å². The van der Waals surface area contributed by atoms with Crippen molar-refractivity contribution in [1.82, 2.24) is 0 Å². The van der Waals surface area contributed by atoms with Gasteiger partial charge in [0.05, 0.1) is 0 Å². The largest absolute Gasteiger partial charge is 0.106 e. The fraction of sp³-hybridized carbons (Fsp3) is 0. The highest BCUT2D eigenvalue weighted by Gasteiger charge is 2.41. The Morgan fingerprint density at radius 3 is 0.446 bits per heavy atom. The van der Waals surface area contributed by atoms with Crippen molar-refractivity contribution >= 4 is 95.7 Å². The summed E-state index contributed by atoms with van der Waals surface area (Å²) in [6.07, 6.45) is 0. The highest BCUT2D eigenvalue weighted by molar-refractivity contribution is 8.83. The van der Waals surface area contributed by atoms with Gasteiger partial charge in [0.15, 0.2) is 0 Å². The van der Waals surface area contributed by atoms with Crippen LogP contribution in [-0.4, -0.2) is 0 Å². The molecule has 56 heavy (non-hydrogen) atoms. The SMILES string of the molecule is c1ccc(P([C](SS[C](P(c2ccccc2)c2ccccc2)P(c2ccccc2)c2ccccc2)P(c2ccccc2)c2ccccc2)c2ccccc2)cc1. The molecule has 0 aromatic heterocycles. The van der Waals surface area contributed by atoms with Crippen LogP contribution in [0, 0.1) is 9.46 Å². The minimum absolute atomic E-state index is 0.898. The second-order valence-corrected chi connectivity index (χ2v) is 25.4. The van der Waals surface area contributed by atoms with Crippen molar-refractivity contribution in [3.63, 3.8) is 0 Å². The molecule has 0 amide bonds. The normalized spacial score (nSPS) is 11.6. The molecule has 0 heterocycles. The molecule has 0 saturated heterocycles. The van der Waals surface area contributed by atoms with E-state index in [1.807, 2.05) is 21.6 Å². The lowest BCUT2D eigenvalue weighted by Gasteiger charge is -2.38. The first-order valence-corrected chi connectivity index (χ1v) is 26.1. The molecule has 0 spiro atoms. The Bertz CT molecular complexity index is 1830. The monoisotopic (exact) mass is 828 g/mol. The summed E-state index contributed by atoms with van der Waals surface area (Å²) >= 11 is 0. The maximum atomic E-state index is 2.35. The van der Waals surface area contributed by atoms with Crippen molar-refractivity contribution < 1.29 is 0 Å². The highest BCUT2D eigenvalue weighted by Crippen LogP contribution is 2.76. The Labute approximate surface area is 345 Å². The van der Waals surface area contributed by atoms with Crippen molar-refractivity contribution in [2.45, 2.75) is 0 Å². The first-order valence-electron chi connectivity index (χ1n) is 18.5. The van der Waals surface area contributed by atoms with Crippen LogP contribution in [0.2, 0.25) is 0 Å². The van der Waals surface area contributed by atoms with Gasteiger partial charge in [0.2, 0.25) is 0 Å². The fourth-order valence-corrected chi connectivity index (χ4v) is 26.0. The molecule has 0 aliphatic rings. The molecule has 8 rings (SSSR count). The van der Waals surface area contributed by atoms with Crippen molar-refractivity contribution in [3.8, 4) is 0 Å². The van der Waals surface area contributed by atoms with E-state index in [0.29, 0.717) is 0 Å². The maximum Gasteiger partial charge on any atom is 0.106 e. The highest BCUT2D eigenvalue weighted by atomic mass is 33.1. The predicted octanol–water partition coefficient (Wildman–Crippen LogP) is 11.8. The van der Waals surface area contributed by atoms with E-state index in [9.17, 15) is 0 Å². The van der Waals surface area contributed by atoms with Crippen LogP contribution < -0.4 is 42.4 Å². The third kappa shape index (κ3) is 9.47. The van der Waals surface area contributed by atoms with Crippen LogP contribution in [0.4, 0.5) is 0 Å². The van der Waals surface area contributed by atoms with Crippen LogP contribution in [0.5, 0.6) is 0 Å². The number of benzene rings is 8. The predicted molar refractivity (Wildman–Crippen MR) is 258 cm³/mol. The van der Waals surface area contributed by atoms with Gasteiger partial charge in [-0.05, 0) is 74.1 Å². The summed E-state index contributed by atoms with van der Waals surface area (Å²) in [6, 6.07) is 90.1. The second kappa shape index (κ2) is 20.0. The van der Waals surface area contributed by atoms with E-state index in [-0.39, 0.29) is 0 Å². The van der Waals surface area contributed by atoms with Gasteiger partial charge in [-0.2, -0.15) is 0 Å². The molecule has 0 fully saturated rings. The van der Waals surface area contributed by atoms with Crippen LogP contribution >= 0.6 is 53.3 Å².